The predicted octanol–water partition coefficient (Wildman–Crippen LogP) is 4.59. The second-order valence-corrected chi connectivity index (χ2v) is 10.7. The van der Waals surface area contributed by atoms with Crippen molar-refractivity contribution in [3.8, 4) is 10.4 Å². The monoisotopic (exact) mass is 457 g/mol. The molecule has 2 aliphatic rings. The maximum atomic E-state index is 13.9. The molecule has 6 heterocycles. The molecule has 2 atom stereocenters. The first kappa shape index (κ1) is 20.4. The van der Waals surface area contributed by atoms with Gasteiger partial charge in [-0.3, -0.25) is 4.79 Å². The quantitative estimate of drug-likeness (QED) is 0.452. The molecule has 2 saturated heterocycles. The van der Waals surface area contributed by atoms with Gasteiger partial charge >= 0.3 is 0 Å². The van der Waals surface area contributed by atoms with Crippen molar-refractivity contribution in [2.75, 3.05) is 31.1 Å². The SMILES string of the molecule is Cc1cc(C)nc(N2C[C@H]3CN(C(=O)c4c(-c5ccc(C)s5)cn5ccccc45)C[C@H]3C2)n1. The molecular formula is C26H27N5OS. The maximum absolute atomic E-state index is 13.9. The fraction of sp³-hybridized carbons (Fsp3) is 0.346. The molecule has 0 spiro atoms. The predicted molar refractivity (Wildman–Crippen MR) is 132 cm³/mol. The van der Waals surface area contributed by atoms with E-state index in [0.29, 0.717) is 11.8 Å². The summed E-state index contributed by atoms with van der Waals surface area (Å²) in [5.41, 5.74) is 4.84. The Balaban J connectivity index is 1.27. The Morgan fingerprint density at radius 1 is 0.970 bits per heavy atom. The first-order valence-electron chi connectivity index (χ1n) is 11.5. The van der Waals surface area contributed by atoms with Crippen LogP contribution in [0.15, 0.2) is 48.8 Å². The molecule has 0 saturated carbocycles. The van der Waals surface area contributed by atoms with Gasteiger partial charge in [-0.05, 0) is 51.1 Å². The van der Waals surface area contributed by atoms with Crippen molar-refractivity contribution in [2.45, 2.75) is 20.8 Å². The van der Waals surface area contributed by atoms with E-state index in [1.807, 2.05) is 44.3 Å². The van der Waals surface area contributed by atoms with Gasteiger partial charge in [0.1, 0.15) is 0 Å². The Kier molecular flexibility index (Phi) is 4.76. The third-order valence-electron chi connectivity index (χ3n) is 6.93. The second-order valence-electron chi connectivity index (χ2n) is 9.41. The lowest BCUT2D eigenvalue weighted by Crippen LogP contribution is -2.34. The smallest absolute Gasteiger partial charge is 0.256 e. The van der Waals surface area contributed by atoms with Crippen molar-refractivity contribution in [2.24, 2.45) is 11.8 Å². The molecule has 2 aliphatic heterocycles. The fourth-order valence-corrected chi connectivity index (χ4v) is 6.33. The molecule has 0 radical (unpaired) electrons. The number of fused-ring (bicyclic) bond motifs is 2. The first-order chi connectivity index (χ1) is 16.0. The van der Waals surface area contributed by atoms with Crippen molar-refractivity contribution >= 4 is 28.7 Å². The summed E-state index contributed by atoms with van der Waals surface area (Å²) >= 11 is 1.74. The largest absolute Gasteiger partial charge is 0.340 e. The van der Waals surface area contributed by atoms with Gasteiger partial charge in [-0.25, -0.2) is 9.97 Å². The van der Waals surface area contributed by atoms with Crippen molar-refractivity contribution in [1.29, 1.82) is 0 Å². The number of aryl methyl sites for hydroxylation is 3. The lowest BCUT2D eigenvalue weighted by molar-refractivity contribution is 0.0785. The molecule has 0 bridgehead atoms. The summed E-state index contributed by atoms with van der Waals surface area (Å²) in [4.78, 5) is 29.9. The number of nitrogens with zero attached hydrogens (tertiary/aromatic N) is 5. The Morgan fingerprint density at radius 3 is 2.36 bits per heavy atom. The molecule has 0 aliphatic carbocycles. The molecule has 168 valence electrons. The minimum atomic E-state index is 0.147. The van der Waals surface area contributed by atoms with Gasteiger partial charge in [-0.2, -0.15) is 0 Å². The van der Waals surface area contributed by atoms with Crippen LogP contribution >= 0.6 is 11.3 Å². The molecule has 2 fully saturated rings. The molecule has 6 nitrogen and oxygen atoms in total. The number of carbonyl (C=O) groups excluding carboxylic acids is 1. The summed E-state index contributed by atoms with van der Waals surface area (Å²) in [6.45, 7) is 9.54. The minimum Gasteiger partial charge on any atom is -0.340 e. The highest BCUT2D eigenvalue weighted by Crippen LogP contribution is 2.38. The van der Waals surface area contributed by atoms with Gasteiger partial charge in [0.25, 0.3) is 5.91 Å². The number of likely N-dealkylation sites (tertiary alicyclic amines) is 1. The zero-order valence-corrected chi connectivity index (χ0v) is 20.0. The fourth-order valence-electron chi connectivity index (χ4n) is 5.44. The van der Waals surface area contributed by atoms with Gasteiger partial charge in [0.2, 0.25) is 5.95 Å². The number of hydrogen-bond acceptors (Lipinski definition) is 5. The Morgan fingerprint density at radius 2 is 1.70 bits per heavy atom. The topological polar surface area (TPSA) is 53.7 Å². The number of rotatable bonds is 3. The zero-order chi connectivity index (χ0) is 22.7. The average molecular weight is 458 g/mol. The highest BCUT2D eigenvalue weighted by Gasteiger charge is 2.43. The van der Waals surface area contributed by atoms with E-state index in [4.69, 9.17) is 0 Å². The highest BCUT2D eigenvalue weighted by molar-refractivity contribution is 7.15. The number of amides is 1. The molecular weight excluding hydrogens is 430 g/mol. The van der Waals surface area contributed by atoms with E-state index in [-0.39, 0.29) is 5.91 Å². The van der Waals surface area contributed by atoms with Crippen LogP contribution in [0, 0.1) is 32.6 Å². The van der Waals surface area contributed by atoms with Crippen molar-refractivity contribution < 1.29 is 4.79 Å². The van der Waals surface area contributed by atoms with Crippen LogP contribution in [0.25, 0.3) is 16.0 Å². The molecule has 33 heavy (non-hydrogen) atoms. The van der Waals surface area contributed by atoms with E-state index < -0.39 is 0 Å². The lowest BCUT2D eigenvalue weighted by Gasteiger charge is -2.22. The normalized spacial score (nSPS) is 20.1. The number of thiophene rings is 1. The van der Waals surface area contributed by atoms with Gasteiger partial charge in [0, 0.05) is 77.1 Å². The molecule has 7 heteroatoms. The van der Waals surface area contributed by atoms with E-state index in [0.717, 1.165) is 65.0 Å². The molecule has 0 unspecified atom stereocenters. The molecule has 4 aromatic heterocycles. The van der Waals surface area contributed by atoms with Crippen molar-refractivity contribution in [3.63, 3.8) is 0 Å². The Hall–Kier alpha value is -3.19. The lowest BCUT2D eigenvalue weighted by atomic mass is 10.0. The maximum Gasteiger partial charge on any atom is 0.256 e. The molecule has 0 aromatic carbocycles. The van der Waals surface area contributed by atoms with Gasteiger partial charge < -0.3 is 14.2 Å². The summed E-state index contributed by atoms with van der Waals surface area (Å²) in [6.07, 6.45) is 4.13. The molecule has 1 amide bonds. The first-order valence-corrected chi connectivity index (χ1v) is 12.3. The third-order valence-corrected chi connectivity index (χ3v) is 7.96. The summed E-state index contributed by atoms with van der Waals surface area (Å²) < 4.78 is 2.08. The number of anilines is 1. The second kappa shape index (κ2) is 7.70. The van der Waals surface area contributed by atoms with Crippen LogP contribution in [0.2, 0.25) is 0 Å². The Bertz CT molecular complexity index is 1340. The van der Waals surface area contributed by atoms with Crippen LogP contribution in [0.1, 0.15) is 26.6 Å². The number of hydrogen-bond donors (Lipinski definition) is 0. The van der Waals surface area contributed by atoms with E-state index >= 15 is 0 Å². The van der Waals surface area contributed by atoms with Gasteiger partial charge in [-0.15, -0.1) is 11.3 Å². The van der Waals surface area contributed by atoms with E-state index in [1.165, 1.54) is 4.88 Å². The van der Waals surface area contributed by atoms with Gasteiger partial charge in [0.15, 0.2) is 0 Å². The number of pyridine rings is 1. The Labute approximate surface area is 197 Å². The van der Waals surface area contributed by atoms with Crippen LogP contribution in [-0.4, -0.2) is 51.4 Å². The number of carbonyl (C=O) groups is 1. The number of aromatic nitrogens is 3. The van der Waals surface area contributed by atoms with Gasteiger partial charge in [0.05, 0.1) is 11.1 Å². The van der Waals surface area contributed by atoms with Crippen molar-refractivity contribution in [3.05, 3.63) is 70.6 Å². The molecule has 4 aromatic rings. The van der Waals surface area contributed by atoms with Crippen LogP contribution in [-0.2, 0) is 0 Å². The zero-order valence-electron chi connectivity index (χ0n) is 19.2. The molecule has 0 N–H and O–H groups in total. The highest BCUT2D eigenvalue weighted by atomic mass is 32.1. The summed E-state index contributed by atoms with van der Waals surface area (Å²) in [7, 11) is 0. The standard InChI is InChI=1S/C26H27N5OS/c1-16-10-17(2)28-26(27-16)31-13-19-11-30(12-20(19)14-31)25(32)24-21(23-8-7-18(3)33-23)15-29-9-5-4-6-22(24)29/h4-10,15,19-20H,11-14H2,1-3H3/t19-,20+. The summed E-state index contributed by atoms with van der Waals surface area (Å²) in [5, 5.41) is 0. The van der Waals surface area contributed by atoms with E-state index in [2.05, 4.69) is 49.4 Å². The summed E-state index contributed by atoms with van der Waals surface area (Å²) in [5.74, 6) is 1.89. The van der Waals surface area contributed by atoms with Crippen LogP contribution in [0.4, 0.5) is 5.95 Å². The van der Waals surface area contributed by atoms with E-state index in [1.54, 1.807) is 11.3 Å². The van der Waals surface area contributed by atoms with Crippen LogP contribution in [0.5, 0.6) is 0 Å². The van der Waals surface area contributed by atoms with Gasteiger partial charge in [-0.1, -0.05) is 6.07 Å². The van der Waals surface area contributed by atoms with Crippen LogP contribution < -0.4 is 4.90 Å². The summed E-state index contributed by atoms with van der Waals surface area (Å²) in [6, 6.07) is 12.3. The van der Waals surface area contributed by atoms with E-state index in [9.17, 15) is 4.79 Å². The van der Waals surface area contributed by atoms with Crippen LogP contribution in [0.3, 0.4) is 0 Å². The van der Waals surface area contributed by atoms with Crippen molar-refractivity contribution in [1.82, 2.24) is 19.3 Å². The average Bonchev–Trinajstić information content (AvgIpc) is 3.53. The molecule has 6 rings (SSSR count). The minimum absolute atomic E-state index is 0.147. The third kappa shape index (κ3) is 3.51.